The summed E-state index contributed by atoms with van der Waals surface area (Å²) in [7, 11) is -3.97. The predicted octanol–water partition coefficient (Wildman–Crippen LogP) is 4.28. The molecule has 2 aromatic carbocycles. The molecule has 8 heteroatoms. The number of hydrogen-bond acceptors (Lipinski definition) is 5. The van der Waals surface area contributed by atoms with Crippen LogP contribution >= 0.6 is 0 Å². The van der Waals surface area contributed by atoms with E-state index in [9.17, 15) is 18.0 Å². The molecule has 0 radical (unpaired) electrons. The largest absolute Gasteiger partial charge is 0.459 e. The minimum absolute atomic E-state index is 0.0110. The fourth-order valence-electron chi connectivity index (χ4n) is 2.92. The molecule has 0 heterocycles. The van der Waals surface area contributed by atoms with Crippen LogP contribution in [0.25, 0.3) is 0 Å². The molecule has 0 aliphatic rings. The number of carbonyl (C=O) groups excluding carboxylic acids is 2. The van der Waals surface area contributed by atoms with E-state index in [1.165, 1.54) is 24.3 Å². The Bertz CT molecular complexity index is 1040. The topological polar surface area (TPSA) is 102 Å². The Morgan fingerprint density at radius 3 is 2.03 bits per heavy atom. The van der Waals surface area contributed by atoms with Crippen LogP contribution in [0, 0.1) is 12.8 Å². The van der Waals surface area contributed by atoms with Gasteiger partial charge in [0.25, 0.3) is 5.91 Å². The van der Waals surface area contributed by atoms with E-state index in [1.807, 2.05) is 32.9 Å². The monoisotopic (exact) mass is 460 g/mol. The standard InChI is InChI=1S/C24H32N2O5S/c1-16(2)15-21(23(28)31-24(4,5)6)26-32(29,30)20-13-11-19(12-14-20)25-22(27)18-9-7-17(3)8-10-18/h7-14,16,21,26H,15H2,1-6H3,(H,25,27)/t21-/m1/s1. The highest BCUT2D eigenvalue weighted by Crippen LogP contribution is 2.18. The fraction of sp³-hybridized carbons (Fsp3) is 0.417. The Hall–Kier alpha value is -2.71. The van der Waals surface area contributed by atoms with Crippen LogP contribution in [0.5, 0.6) is 0 Å². The summed E-state index contributed by atoms with van der Waals surface area (Å²) in [5.41, 5.74) is 1.28. The molecule has 174 valence electrons. The van der Waals surface area contributed by atoms with E-state index in [2.05, 4.69) is 10.0 Å². The number of hydrogen-bond donors (Lipinski definition) is 2. The summed E-state index contributed by atoms with van der Waals surface area (Å²) in [6, 6.07) is 11.9. The van der Waals surface area contributed by atoms with E-state index in [0.29, 0.717) is 17.7 Å². The van der Waals surface area contributed by atoms with Gasteiger partial charge in [-0.2, -0.15) is 4.72 Å². The maximum Gasteiger partial charge on any atom is 0.324 e. The number of carbonyl (C=O) groups is 2. The molecule has 7 nitrogen and oxygen atoms in total. The van der Waals surface area contributed by atoms with Crippen molar-refractivity contribution in [1.29, 1.82) is 0 Å². The number of ether oxygens (including phenoxy) is 1. The van der Waals surface area contributed by atoms with Crippen molar-refractivity contribution in [3.8, 4) is 0 Å². The molecular weight excluding hydrogens is 428 g/mol. The SMILES string of the molecule is Cc1ccc(C(=O)Nc2ccc(S(=O)(=O)N[C@H](CC(C)C)C(=O)OC(C)(C)C)cc2)cc1. The van der Waals surface area contributed by atoms with E-state index in [4.69, 9.17) is 4.74 Å². The summed E-state index contributed by atoms with van der Waals surface area (Å²) in [4.78, 5) is 24.9. The van der Waals surface area contributed by atoms with E-state index in [1.54, 1.807) is 32.9 Å². The Labute approximate surface area is 190 Å². The number of benzene rings is 2. The molecule has 0 fully saturated rings. The molecule has 0 unspecified atom stereocenters. The lowest BCUT2D eigenvalue weighted by Crippen LogP contribution is -2.44. The van der Waals surface area contributed by atoms with Gasteiger partial charge in [0.05, 0.1) is 4.90 Å². The van der Waals surface area contributed by atoms with Crippen molar-refractivity contribution < 1.29 is 22.7 Å². The van der Waals surface area contributed by atoms with Crippen LogP contribution in [0.15, 0.2) is 53.4 Å². The molecule has 2 rings (SSSR count). The Morgan fingerprint density at radius 2 is 1.53 bits per heavy atom. The number of sulfonamides is 1. The van der Waals surface area contributed by atoms with Gasteiger partial charge in [0.1, 0.15) is 11.6 Å². The minimum Gasteiger partial charge on any atom is -0.459 e. The van der Waals surface area contributed by atoms with Crippen molar-refractivity contribution in [2.45, 2.75) is 64.5 Å². The highest BCUT2D eigenvalue weighted by atomic mass is 32.2. The normalized spacial score (nSPS) is 13.0. The summed E-state index contributed by atoms with van der Waals surface area (Å²) in [6.45, 7) is 10.9. The molecular formula is C24H32N2O5S. The van der Waals surface area contributed by atoms with Crippen molar-refractivity contribution in [1.82, 2.24) is 4.72 Å². The third-order valence-corrected chi connectivity index (χ3v) is 5.92. The summed E-state index contributed by atoms with van der Waals surface area (Å²) in [6.07, 6.45) is 0.304. The van der Waals surface area contributed by atoms with E-state index in [-0.39, 0.29) is 16.7 Å². The molecule has 32 heavy (non-hydrogen) atoms. The zero-order valence-corrected chi connectivity index (χ0v) is 20.2. The van der Waals surface area contributed by atoms with Crippen LogP contribution in [0.2, 0.25) is 0 Å². The van der Waals surface area contributed by atoms with E-state index < -0.39 is 27.6 Å². The average Bonchev–Trinajstić information content (AvgIpc) is 2.66. The summed E-state index contributed by atoms with van der Waals surface area (Å²) < 4.78 is 33.6. The molecule has 2 aromatic rings. The second-order valence-electron chi connectivity index (χ2n) is 9.18. The second kappa shape index (κ2) is 10.3. The quantitative estimate of drug-likeness (QED) is 0.573. The van der Waals surface area contributed by atoms with Crippen molar-refractivity contribution in [2.24, 2.45) is 5.92 Å². The van der Waals surface area contributed by atoms with Crippen LogP contribution in [0.1, 0.15) is 57.0 Å². The van der Waals surface area contributed by atoms with Gasteiger partial charge < -0.3 is 10.1 Å². The van der Waals surface area contributed by atoms with Crippen molar-refractivity contribution in [3.05, 3.63) is 59.7 Å². The predicted molar refractivity (Wildman–Crippen MR) is 125 cm³/mol. The van der Waals surface area contributed by atoms with Crippen molar-refractivity contribution in [3.63, 3.8) is 0 Å². The van der Waals surface area contributed by atoms with Crippen molar-refractivity contribution >= 4 is 27.6 Å². The van der Waals surface area contributed by atoms with Gasteiger partial charge in [-0.05, 0) is 76.4 Å². The average molecular weight is 461 g/mol. The fourth-order valence-corrected chi connectivity index (χ4v) is 4.12. The van der Waals surface area contributed by atoms with Gasteiger partial charge in [-0.3, -0.25) is 9.59 Å². The first-order chi connectivity index (χ1) is 14.8. The lowest BCUT2D eigenvalue weighted by Gasteiger charge is -2.25. The van der Waals surface area contributed by atoms with Gasteiger partial charge in [0, 0.05) is 11.3 Å². The molecule has 0 aliphatic carbocycles. The summed E-state index contributed by atoms with van der Waals surface area (Å²) in [5.74, 6) is -0.827. The van der Waals surface area contributed by atoms with Crippen LogP contribution in [-0.2, 0) is 19.6 Å². The minimum atomic E-state index is -3.97. The lowest BCUT2D eigenvalue weighted by atomic mass is 10.0. The number of aryl methyl sites for hydroxylation is 1. The maximum absolute atomic E-state index is 12.9. The Morgan fingerprint density at radius 1 is 0.969 bits per heavy atom. The summed E-state index contributed by atoms with van der Waals surface area (Å²) in [5, 5.41) is 2.74. The van der Waals surface area contributed by atoms with Gasteiger partial charge in [0.15, 0.2) is 0 Å². The molecule has 1 atom stereocenters. The van der Waals surface area contributed by atoms with Gasteiger partial charge in [-0.15, -0.1) is 0 Å². The molecule has 1 amide bonds. The highest BCUT2D eigenvalue weighted by molar-refractivity contribution is 7.89. The van der Waals surface area contributed by atoms with Crippen LogP contribution in [-0.4, -0.2) is 31.9 Å². The van der Waals surface area contributed by atoms with Gasteiger partial charge in [-0.25, -0.2) is 8.42 Å². The molecule has 0 aromatic heterocycles. The smallest absolute Gasteiger partial charge is 0.324 e. The number of esters is 1. The lowest BCUT2D eigenvalue weighted by molar-refractivity contribution is -0.157. The highest BCUT2D eigenvalue weighted by Gasteiger charge is 2.30. The van der Waals surface area contributed by atoms with E-state index >= 15 is 0 Å². The van der Waals surface area contributed by atoms with Crippen LogP contribution in [0.4, 0.5) is 5.69 Å². The van der Waals surface area contributed by atoms with Gasteiger partial charge in [0.2, 0.25) is 10.0 Å². The third kappa shape index (κ3) is 7.76. The molecule has 0 spiro atoms. The van der Waals surface area contributed by atoms with Crippen molar-refractivity contribution in [2.75, 3.05) is 5.32 Å². The maximum atomic E-state index is 12.9. The number of anilines is 1. The first-order valence-corrected chi connectivity index (χ1v) is 12.0. The van der Waals surface area contributed by atoms with Gasteiger partial charge >= 0.3 is 5.97 Å². The zero-order chi connectivity index (χ0) is 24.1. The molecule has 2 N–H and O–H groups in total. The molecule has 0 aliphatic heterocycles. The summed E-state index contributed by atoms with van der Waals surface area (Å²) >= 11 is 0. The van der Waals surface area contributed by atoms with Crippen LogP contribution < -0.4 is 10.0 Å². The number of amides is 1. The first-order valence-electron chi connectivity index (χ1n) is 10.5. The number of rotatable bonds is 8. The first kappa shape index (κ1) is 25.5. The van der Waals surface area contributed by atoms with Crippen LogP contribution in [0.3, 0.4) is 0 Å². The molecule has 0 bridgehead atoms. The Balaban J connectivity index is 2.14. The van der Waals surface area contributed by atoms with Gasteiger partial charge in [-0.1, -0.05) is 31.5 Å². The molecule has 0 saturated heterocycles. The Kier molecular flexibility index (Phi) is 8.20. The number of nitrogens with one attached hydrogen (secondary N) is 2. The third-order valence-electron chi connectivity index (χ3n) is 4.43. The van der Waals surface area contributed by atoms with E-state index in [0.717, 1.165) is 5.56 Å². The second-order valence-corrected chi connectivity index (χ2v) is 10.9. The molecule has 0 saturated carbocycles. The zero-order valence-electron chi connectivity index (χ0n) is 19.4.